The highest BCUT2D eigenvalue weighted by molar-refractivity contribution is 14.0. The van der Waals surface area contributed by atoms with Crippen LogP contribution in [0.1, 0.15) is 34.1 Å². The molecule has 2 N–H and O–H groups in total. The molecule has 1 saturated heterocycles. The highest BCUT2D eigenvalue weighted by atomic mass is 127. The van der Waals surface area contributed by atoms with E-state index < -0.39 is 10.0 Å². The van der Waals surface area contributed by atoms with Crippen LogP contribution in [-0.4, -0.2) is 69.9 Å². The summed E-state index contributed by atoms with van der Waals surface area (Å²) < 4.78 is 32.0. The van der Waals surface area contributed by atoms with E-state index in [9.17, 15) is 8.42 Å². The lowest BCUT2D eigenvalue weighted by atomic mass is 10.1. The van der Waals surface area contributed by atoms with E-state index in [2.05, 4.69) is 29.5 Å². The van der Waals surface area contributed by atoms with Crippen molar-refractivity contribution < 1.29 is 13.2 Å². The third-order valence-electron chi connectivity index (χ3n) is 3.67. The van der Waals surface area contributed by atoms with Crippen LogP contribution in [0.2, 0.25) is 0 Å². The number of halogens is 1. The molecular formula is C15H33IN4O3S. The highest BCUT2D eigenvalue weighted by Gasteiger charge is 2.30. The van der Waals surface area contributed by atoms with Crippen LogP contribution in [0, 0.1) is 5.92 Å². The smallest absolute Gasteiger partial charge is 0.216 e. The maximum Gasteiger partial charge on any atom is 0.216 e. The summed E-state index contributed by atoms with van der Waals surface area (Å²) in [5.41, 5.74) is 0. The van der Waals surface area contributed by atoms with E-state index in [1.54, 1.807) is 7.05 Å². The van der Waals surface area contributed by atoms with Gasteiger partial charge in [0.15, 0.2) is 5.96 Å². The average Bonchev–Trinajstić information content (AvgIpc) is 2.44. The van der Waals surface area contributed by atoms with E-state index in [4.69, 9.17) is 4.74 Å². The van der Waals surface area contributed by atoms with Crippen LogP contribution >= 0.6 is 24.0 Å². The van der Waals surface area contributed by atoms with Gasteiger partial charge in [0, 0.05) is 33.2 Å². The number of nitrogens with zero attached hydrogens (tertiary/aromatic N) is 2. The fourth-order valence-electron chi connectivity index (χ4n) is 2.49. The Hall–Kier alpha value is -0.130. The molecule has 0 aliphatic carbocycles. The second-order valence-electron chi connectivity index (χ2n) is 6.50. The minimum atomic E-state index is -3.28. The molecule has 1 fully saturated rings. The van der Waals surface area contributed by atoms with Gasteiger partial charge < -0.3 is 15.4 Å². The van der Waals surface area contributed by atoms with E-state index in [0.717, 1.165) is 13.0 Å². The minimum Gasteiger partial charge on any atom is -0.373 e. The van der Waals surface area contributed by atoms with Crippen LogP contribution in [-0.2, 0) is 14.8 Å². The quantitative estimate of drug-likeness (QED) is 0.329. The van der Waals surface area contributed by atoms with Crippen molar-refractivity contribution in [1.29, 1.82) is 0 Å². The number of hydrogen-bond donors (Lipinski definition) is 2. The molecule has 7 nitrogen and oxygen atoms in total. The van der Waals surface area contributed by atoms with Gasteiger partial charge in [0.2, 0.25) is 10.0 Å². The number of ether oxygens (including phenoxy) is 1. The van der Waals surface area contributed by atoms with E-state index in [1.165, 1.54) is 4.31 Å². The SMILES string of the molecule is CN=C(NCCC(C)C)NCCS(=O)(=O)N1CC(C)OC(C)C1.I. The molecule has 1 heterocycles. The van der Waals surface area contributed by atoms with Crippen molar-refractivity contribution in [3.63, 3.8) is 0 Å². The number of nitrogens with one attached hydrogen (secondary N) is 2. The van der Waals surface area contributed by atoms with Gasteiger partial charge in [-0.3, -0.25) is 4.99 Å². The summed E-state index contributed by atoms with van der Waals surface area (Å²) in [7, 11) is -1.59. The molecule has 0 spiro atoms. The maximum atomic E-state index is 12.4. The molecule has 0 aromatic carbocycles. The molecule has 0 radical (unpaired) electrons. The Kier molecular flexibility index (Phi) is 11.4. The summed E-state index contributed by atoms with van der Waals surface area (Å²) in [5.74, 6) is 1.31. The molecule has 24 heavy (non-hydrogen) atoms. The number of sulfonamides is 1. The lowest BCUT2D eigenvalue weighted by Gasteiger charge is -2.34. The fourth-order valence-corrected chi connectivity index (χ4v) is 3.98. The van der Waals surface area contributed by atoms with Crippen molar-refractivity contribution in [2.75, 3.05) is 39.0 Å². The monoisotopic (exact) mass is 476 g/mol. The molecule has 0 saturated carbocycles. The molecule has 1 aliphatic heterocycles. The van der Waals surface area contributed by atoms with Gasteiger partial charge in [-0.1, -0.05) is 13.8 Å². The Morgan fingerprint density at radius 2 is 1.75 bits per heavy atom. The minimum absolute atomic E-state index is 0. The number of aliphatic imine (C=N–C) groups is 1. The van der Waals surface area contributed by atoms with Crippen molar-refractivity contribution in [1.82, 2.24) is 14.9 Å². The third kappa shape index (κ3) is 8.82. The van der Waals surface area contributed by atoms with Gasteiger partial charge in [0.05, 0.1) is 18.0 Å². The molecular weight excluding hydrogens is 443 g/mol. The zero-order chi connectivity index (χ0) is 17.5. The summed E-state index contributed by atoms with van der Waals surface area (Å²) in [4.78, 5) is 4.11. The van der Waals surface area contributed by atoms with Gasteiger partial charge >= 0.3 is 0 Å². The zero-order valence-corrected chi connectivity index (χ0v) is 18.6. The van der Waals surface area contributed by atoms with Crippen molar-refractivity contribution >= 4 is 40.0 Å². The number of guanidine groups is 1. The molecule has 2 unspecified atom stereocenters. The van der Waals surface area contributed by atoms with Crippen LogP contribution in [0.15, 0.2) is 4.99 Å². The standard InChI is InChI=1S/C15H32N4O3S.HI/c1-12(2)6-7-17-15(16-5)18-8-9-23(20,21)19-10-13(3)22-14(4)11-19;/h12-14H,6-11H2,1-5H3,(H2,16,17,18);1H. The molecule has 0 aromatic rings. The predicted molar refractivity (Wildman–Crippen MR) is 110 cm³/mol. The third-order valence-corrected chi connectivity index (χ3v) is 5.47. The molecule has 1 rings (SSSR count). The Morgan fingerprint density at radius 1 is 1.21 bits per heavy atom. The zero-order valence-electron chi connectivity index (χ0n) is 15.4. The molecule has 0 bridgehead atoms. The molecule has 9 heteroatoms. The lowest BCUT2D eigenvalue weighted by molar-refractivity contribution is -0.0440. The van der Waals surface area contributed by atoms with Crippen molar-refractivity contribution in [3.8, 4) is 0 Å². The van der Waals surface area contributed by atoms with Crippen LogP contribution in [0.4, 0.5) is 0 Å². The first kappa shape index (κ1) is 23.9. The number of rotatable bonds is 7. The summed E-state index contributed by atoms with van der Waals surface area (Å²) in [6.45, 7) is 10.1. The van der Waals surface area contributed by atoms with Gasteiger partial charge in [-0.2, -0.15) is 4.31 Å². The first-order valence-electron chi connectivity index (χ1n) is 8.32. The maximum absolute atomic E-state index is 12.4. The average molecular weight is 476 g/mol. The van der Waals surface area contributed by atoms with Crippen LogP contribution in [0.3, 0.4) is 0 Å². The fraction of sp³-hybridized carbons (Fsp3) is 0.933. The lowest BCUT2D eigenvalue weighted by Crippen LogP contribution is -2.50. The summed E-state index contributed by atoms with van der Waals surface area (Å²) in [6, 6.07) is 0. The Morgan fingerprint density at radius 3 is 2.25 bits per heavy atom. The second kappa shape index (κ2) is 11.5. The van der Waals surface area contributed by atoms with E-state index in [1.807, 2.05) is 13.8 Å². The first-order chi connectivity index (χ1) is 10.7. The summed E-state index contributed by atoms with van der Waals surface area (Å²) in [5, 5.41) is 6.25. The van der Waals surface area contributed by atoms with E-state index >= 15 is 0 Å². The number of hydrogen-bond acceptors (Lipinski definition) is 4. The highest BCUT2D eigenvalue weighted by Crippen LogP contribution is 2.14. The van der Waals surface area contributed by atoms with Crippen LogP contribution in [0.5, 0.6) is 0 Å². The first-order valence-corrected chi connectivity index (χ1v) is 9.93. The van der Waals surface area contributed by atoms with Crippen LogP contribution in [0.25, 0.3) is 0 Å². The normalized spacial score (nSPS) is 23.0. The van der Waals surface area contributed by atoms with E-state index in [0.29, 0.717) is 31.5 Å². The van der Waals surface area contributed by atoms with Crippen molar-refractivity contribution in [2.45, 2.75) is 46.3 Å². The molecule has 0 amide bonds. The van der Waals surface area contributed by atoms with Crippen molar-refractivity contribution in [3.05, 3.63) is 0 Å². The largest absolute Gasteiger partial charge is 0.373 e. The molecule has 144 valence electrons. The summed E-state index contributed by atoms with van der Waals surface area (Å²) >= 11 is 0. The Labute approximate surface area is 164 Å². The predicted octanol–water partition coefficient (Wildman–Crippen LogP) is 1.25. The van der Waals surface area contributed by atoms with Crippen molar-refractivity contribution in [2.24, 2.45) is 10.9 Å². The molecule has 2 atom stereocenters. The van der Waals surface area contributed by atoms with Gasteiger partial charge in [-0.15, -0.1) is 24.0 Å². The second-order valence-corrected chi connectivity index (χ2v) is 8.59. The molecule has 0 aromatic heterocycles. The Bertz CT molecular complexity index is 475. The molecule has 1 aliphatic rings. The van der Waals surface area contributed by atoms with Crippen LogP contribution < -0.4 is 10.6 Å². The topological polar surface area (TPSA) is 83.0 Å². The van der Waals surface area contributed by atoms with Gasteiger partial charge in [0.1, 0.15) is 0 Å². The van der Waals surface area contributed by atoms with E-state index in [-0.39, 0.29) is 41.9 Å². The number of morpholine rings is 1. The van der Waals surface area contributed by atoms with Gasteiger partial charge in [-0.05, 0) is 26.2 Å². The Balaban J connectivity index is 0.00000529. The summed E-state index contributed by atoms with van der Waals surface area (Å²) in [6.07, 6.45) is 0.918. The van der Waals surface area contributed by atoms with Gasteiger partial charge in [0.25, 0.3) is 0 Å². The van der Waals surface area contributed by atoms with Gasteiger partial charge in [-0.25, -0.2) is 8.42 Å².